The maximum absolute atomic E-state index is 12.0. The number of nitriles is 1. The van der Waals surface area contributed by atoms with Crippen LogP contribution in [-0.2, 0) is 14.3 Å². The number of nitrogens with one attached hydrogen (secondary N) is 1. The molecule has 0 heterocycles. The zero-order valence-electron chi connectivity index (χ0n) is 15.5. The second-order valence-corrected chi connectivity index (χ2v) is 5.53. The van der Waals surface area contributed by atoms with Crippen LogP contribution in [0.25, 0.3) is 6.08 Å². The van der Waals surface area contributed by atoms with Crippen molar-refractivity contribution in [3.05, 3.63) is 29.3 Å². The van der Waals surface area contributed by atoms with E-state index in [0.717, 1.165) is 0 Å². The molecule has 0 fully saturated rings. The van der Waals surface area contributed by atoms with Gasteiger partial charge in [0.15, 0.2) is 18.1 Å². The normalized spacial score (nSPS) is 10.8. The summed E-state index contributed by atoms with van der Waals surface area (Å²) in [4.78, 5) is 23.4. The van der Waals surface area contributed by atoms with Crippen molar-refractivity contribution in [2.24, 2.45) is 0 Å². The fraction of sp³-hybridized carbons (Fsp3) is 0.421. The van der Waals surface area contributed by atoms with E-state index in [-0.39, 0.29) is 24.8 Å². The van der Waals surface area contributed by atoms with Gasteiger partial charge in [-0.1, -0.05) is 6.07 Å². The lowest BCUT2D eigenvalue weighted by atomic mass is 10.1. The highest BCUT2D eigenvalue weighted by atomic mass is 16.6. The van der Waals surface area contributed by atoms with Crippen molar-refractivity contribution in [1.29, 1.82) is 5.26 Å². The molecule has 1 aromatic rings. The fourth-order valence-corrected chi connectivity index (χ4v) is 2.00. The summed E-state index contributed by atoms with van der Waals surface area (Å²) in [5, 5.41) is 11.9. The van der Waals surface area contributed by atoms with Crippen LogP contribution in [0.15, 0.2) is 23.8 Å². The lowest BCUT2D eigenvalue weighted by molar-refractivity contribution is -0.145. The highest BCUT2D eigenvalue weighted by molar-refractivity contribution is 6.01. The largest absolute Gasteiger partial charge is 0.490 e. The summed E-state index contributed by atoms with van der Waals surface area (Å²) in [6.07, 6.45) is 1.47. The van der Waals surface area contributed by atoms with E-state index in [9.17, 15) is 14.9 Å². The molecule has 140 valence electrons. The SMILES string of the molecule is CCOC(=O)COc1ccc(/C=C(\C#N)C(=O)NC(C)C)cc1OCC. The first-order chi connectivity index (χ1) is 12.4. The van der Waals surface area contributed by atoms with Crippen molar-refractivity contribution < 1.29 is 23.8 Å². The van der Waals surface area contributed by atoms with E-state index in [1.807, 2.05) is 26.8 Å². The highest BCUT2D eigenvalue weighted by Gasteiger charge is 2.12. The van der Waals surface area contributed by atoms with E-state index >= 15 is 0 Å². The van der Waals surface area contributed by atoms with Gasteiger partial charge in [-0.2, -0.15) is 5.26 Å². The number of ether oxygens (including phenoxy) is 3. The number of hydrogen-bond donors (Lipinski definition) is 1. The van der Waals surface area contributed by atoms with E-state index in [1.54, 1.807) is 25.1 Å². The number of hydrogen-bond acceptors (Lipinski definition) is 6. The molecule has 1 N–H and O–H groups in total. The molecule has 0 saturated heterocycles. The molecule has 0 aliphatic carbocycles. The van der Waals surface area contributed by atoms with Crippen LogP contribution in [0.3, 0.4) is 0 Å². The molecular formula is C19H24N2O5. The molecule has 0 atom stereocenters. The first-order valence-corrected chi connectivity index (χ1v) is 8.39. The molecule has 7 heteroatoms. The van der Waals surface area contributed by atoms with Gasteiger partial charge in [-0.15, -0.1) is 0 Å². The second-order valence-electron chi connectivity index (χ2n) is 5.53. The highest BCUT2D eigenvalue weighted by Crippen LogP contribution is 2.29. The van der Waals surface area contributed by atoms with E-state index in [4.69, 9.17) is 14.2 Å². The molecule has 1 amide bonds. The third-order valence-corrected chi connectivity index (χ3v) is 3.01. The van der Waals surface area contributed by atoms with Crippen molar-refractivity contribution in [2.75, 3.05) is 19.8 Å². The van der Waals surface area contributed by atoms with Gasteiger partial charge in [0.25, 0.3) is 5.91 Å². The van der Waals surface area contributed by atoms with Crippen molar-refractivity contribution in [1.82, 2.24) is 5.32 Å². The summed E-state index contributed by atoms with van der Waals surface area (Å²) in [7, 11) is 0. The van der Waals surface area contributed by atoms with Crippen LogP contribution < -0.4 is 14.8 Å². The molecule has 1 rings (SSSR count). The fourth-order valence-electron chi connectivity index (χ4n) is 2.00. The standard InChI is InChI=1S/C19H24N2O5/c1-5-24-17-10-14(9-15(11-20)19(23)21-13(3)4)7-8-16(17)26-12-18(22)25-6-2/h7-10,13H,5-6,12H2,1-4H3,(H,21,23)/b15-9+. The maximum atomic E-state index is 12.0. The van der Waals surface area contributed by atoms with Crippen LogP contribution in [0.1, 0.15) is 33.3 Å². The van der Waals surface area contributed by atoms with E-state index < -0.39 is 11.9 Å². The Labute approximate surface area is 153 Å². The molecule has 7 nitrogen and oxygen atoms in total. The minimum absolute atomic E-state index is 0.0126. The summed E-state index contributed by atoms with van der Waals surface area (Å²) in [6.45, 7) is 7.59. The Kier molecular flexibility index (Phi) is 8.71. The van der Waals surface area contributed by atoms with Gasteiger partial charge in [0, 0.05) is 6.04 Å². The quantitative estimate of drug-likeness (QED) is 0.413. The smallest absolute Gasteiger partial charge is 0.344 e. The van der Waals surface area contributed by atoms with Gasteiger partial charge in [-0.25, -0.2) is 4.79 Å². The van der Waals surface area contributed by atoms with Gasteiger partial charge < -0.3 is 19.5 Å². The molecule has 0 aromatic heterocycles. The Balaban J connectivity index is 3.02. The Hall–Kier alpha value is -3.01. The molecule has 0 aliphatic rings. The van der Waals surface area contributed by atoms with Crippen LogP contribution in [0.5, 0.6) is 11.5 Å². The van der Waals surface area contributed by atoms with Crippen LogP contribution >= 0.6 is 0 Å². The molecule has 26 heavy (non-hydrogen) atoms. The zero-order valence-corrected chi connectivity index (χ0v) is 15.5. The van der Waals surface area contributed by atoms with Crippen LogP contribution in [0, 0.1) is 11.3 Å². The Morgan fingerprint density at radius 1 is 1.19 bits per heavy atom. The van der Waals surface area contributed by atoms with Crippen molar-refractivity contribution in [3.8, 4) is 17.6 Å². The minimum atomic E-state index is -0.476. The van der Waals surface area contributed by atoms with Gasteiger partial charge in [0.2, 0.25) is 0 Å². The van der Waals surface area contributed by atoms with Gasteiger partial charge in [0.05, 0.1) is 13.2 Å². The van der Waals surface area contributed by atoms with E-state index in [1.165, 1.54) is 6.08 Å². The van der Waals surface area contributed by atoms with Crippen LogP contribution in [0.2, 0.25) is 0 Å². The molecule has 0 saturated carbocycles. The number of amides is 1. The Morgan fingerprint density at radius 2 is 1.92 bits per heavy atom. The summed E-state index contributed by atoms with van der Waals surface area (Å²) in [6, 6.07) is 6.75. The van der Waals surface area contributed by atoms with Gasteiger partial charge in [0.1, 0.15) is 11.6 Å². The molecule has 0 aliphatic heterocycles. The number of carbonyl (C=O) groups excluding carboxylic acids is 2. The van der Waals surface area contributed by atoms with Crippen molar-refractivity contribution in [2.45, 2.75) is 33.7 Å². The third kappa shape index (κ3) is 6.85. The van der Waals surface area contributed by atoms with Crippen LogP contribution in [0.4, 0.5) is 0 Å². The zero-order chi connectivity index (χ0) is 19.5. The van der Waals surface area contributed by atoms with Gasteiger partial charge in [-0.05, 0) is 51.5 Å². The topological polar surface area (TPSA) is 97.7 Å². The summed E-state index contributed by atoms with van der Waals surface area (Å²) in [5.74, 6) is -0.131. The van der Waals surface area contributed by atoms with Gasteiger partial charge in [-0.3, -0.25) is 4.79 Å². The first kappa shape index (κ1) is 21.0. The maximum Gasteiger partial charge on any atom is 0.344 e. The lowest BCUT2D eigenvalue weighted by Gasteiger charge is -2.12. The second kappa shape index (κ2) is 10.8. The number of rotatable bonds is 9. The summed E-state index contributed by atoms with van der Waals surface area (Å²) < 4.78 is 15.8. The molecule has 0 spiro atoms. The molecule has 0 bridgehead atoms. The average Bonchev–Trinajstić information content (AvgIpc) is 2.58. The summed E-state index contributed by atoms with van der Waals surface area (Å²) in [5.41, 5.74) is 0.591. The average molecular weight is 360 g/mol. The molecule has 0 radical (unpaired) electrons. The molecular weight excluding hydrogens is 336 g/mol. The van der Waals surface area contributed by atoms with Crippen LogP contribution in [-0.4, -0.2) is 37.7 Å². The van der Waals surface area contributed by atoms with E-state index in [2.05, 4.69) is 5.32 Å². The number of benzene rings is 1. The van der Waals surface area contributed by atoms with Gasteiger partial charge >= 0.3 is 5.97 Å². The Morgan fingerprint density at radius 3 is 2.50 bits per heavy atom. The minimum Gasteiger partial charge on any atom is -0.490 e. The number of nitrogens with zero attached hydrogens (tertiary/aromatic N) is 1. The monoisotopic (exact) mass is 360 g/mol. The Bertz CT molecular complexity index is 704. The number of carbonyl (C=O) groups is 2. The predicted octanol–water partition coefficient (Wildman–Crippen LogP) is 2.46. The molecule has 0 unspecified atom stereocenters. The van der Waals surface area contributed by atoms with E-state index in [0.29, 0.717) is 23.7 Å². The van der Waals surface area contributed by atoms with Crippen molar-refractivity contribution >= 4 is 18.0 Å². The lowest BCUT2D eigenvalue weighted by Crippen LogP contribution is -2.30. The van der Waals surface area contributed by atoms with Crippen molar-refractivity contribution in [3.63, 3.8) is 0 Å². The molecule has 1 aromatic carbocycles. The summed E-state index contributed by atoms with van der Waals surface area (Å²) >= 11 is 0. The first-order valence-electron chi connectivity index (χ1n) is 8.39. The predicted molar refractivity (Wildman–Crippen MR) is 96.6 cm³/mol. The number of esters is 1. The third-order valence-electron chi connectivity index (χ3n) is 3.01.